The summed E-state index contributed by atoms with van der Waals surface area (Å²) in [5.41, 5.74) is -2.73. The van der Waals surface area contributed by atoms with Crippen LogP contribution in [0.15, 0.2) is 18.2 Å². The average molecular weight is 337 g/mol. The van der Waals surface area contributed by atoms with E-state index in [4.69, 9.17) is 0 Å². The molecule has 1 saturated heterocycles. The first-order valence-corrected chi connectivity index (χ1v) is 7.06. The molecule has 3 rings (SSSR count). The van der Waals surface area contributed by atoms with E-state index >= 15 is 0 Å². The summed E-state index contributed by atoms with van der Waals surface area (Å²) in [6.45, 7) is 0.949. The Kier molecular flexibility index (Phi) is 3.70. The van der Waals surface area contributed by atoms with Crippen molar-refractivity contribution in [2.75, 3.05) is 13.1 Å². The van der Waals surface area contributed by atoms with Crippen LogP contribution in [0.2, 0.25) is 0 Å². The lowest BCUT2D eigenvalue weighted by Gasteiger charge is -2.22. The standard InChI is InChI=1S/C15H13F6NO/c16-14(17,18)9-2-1-8(13(3-9)15(19,20)21)4-22-5-10-11(6-22)12(10)7-23/h1-3,7,10-12H,4-6H2/t10-,11+,12+. The summed E-state index contributed by atoms with van der Waals surface area (Å²) in [5.74, 6) is 0.341. The Morgan fingerprint density at radius 2 is 1.65 bits per heavy atom. The molecule has 0 radical (unpaired) electrons. The predicted octanol–water partition coefficient (Wildman–Crippen LogP) is 3.60. The zero-order chi connectivity index (χ0) is 17.0. The molecule has 1 aliphatic heterocycles. The molecule has 8 heteroatoms. The van der Waals surface area contributed by atoms with Gasteiger partial charge in [0, 0.05) is 25.6 Å². The number of likely N-dealkylation sites (tertiary alicyclic amines) is 1. The maximum absolute atomic E-state index is 13.1. The molecule has 2 fully saturated rings. The van der Waals surface area contributed by atoms with Crippen molar-refractivity contribution >= 4 is 6.29 Å². The van der Waals surface area contributed by atoms with Crippen molar-refractivity contribution in [3.63, 3.8) is 0 Å². The Bertz CT molecular complexity index is 611. The highest BCUT2D eigenvalue weighted by Gasteiger charge is 2.55. The third-order valence-corrected chi connectivity index (χ3v) is 4.63. The summed E-state index contributed by atoms with van der Waals surface area (Å²) in [6.07, 6.45) is -8.79. The summed E-state index contributed by atoms with van der Waals surface area (Å²) in [5, 5.41) is 0. The molecule has 0 bridgehead atoms. The van der Waals surface area contributed by atoms with Crippen molar-refractivity contribution in [2.24, 2.45) is 17.8 Å². The number of fused-ring (bicyclic) bond motifs is 1. The van der Waals surface area contributed by atoms with Crippen molar-refractivity contribution in [3.05, 3.63) is 34.9 Å². The van der Waals surface area contributed by atoms with Gasteiger partial charge >= 0.3 is 12.4 Å². The Hall–Kier alpha value is -1.57. The molecule has 0 unspecified atom stereocenters. The molecule has 0 aromatic heterocycles. The first-order valence-electron chi connectivity index (χ1n) is 7.06. The van der Waals surface area contributed by atoms with Crippen molar-refractivity contribution < 1.29 is 31.1 Å². The number of halogens is 6. The predicted molar refractivity (Wildman–Crippen MR) is 68.3 cm³/mol. The van der Waals surface area contributed by atoms with Gasteiger partial charge in [0.25, 0.3) is 0 Å². The molecule has 1 aromatic rings. The van der Waals surface area contributed by atoms with E-state index in [0.717, 1.165) is 12.4 Å². The fourth-order valence-electron chi connectivity index (χ4n) is 3.39. The molecule has 2 nitrogen and oxygen atoms in total. The van der Waals surface area contributed by atoms with Crippen LogP contribution < -0.4 is 0 Å². The highest BCUT2D eigenvalue weighted by atomic mass is 19.4. The quantitative estimate of drug-likeness (QED) is 0.620. The Morgan fingerprint density at radius 1 is 1.04 bits per heavy atom. The van der Waals surface area contributed by atoms with Gasteiger partial charge in [0.2, 0.25) is 0 Å². The minimum absolute atomic E-state index is 0.0130. The van der Waals surface area contributed by atoms with Gasteiger partial charge in [-0.05, 0) is 29.5 Å². The lowest BCUT2D eigenvalue weighted by molar-refractivity contribution is -0.143. The number of rotatable bonds is 3. The van der Waals surface area contributed by atoms with Crippen molar-refractivity contribution in [2.45, 2.75) is 18.9 Å². The van der Waals surface area contributed by atoms with Gasteiger partial charge in [-0.15, -0.1) is 0 Å². The third-order valence-electron chi connectivity index (χ3n) is 4.63. The van der Waals surface area contributed by atoms with E-state index in [1.807, 2.05) is 0 Å². The zero-order valence-electron chi connectivity index (χ0n) is 11.8. The van der Waals surface area contributed by atoms with Crippen LogP contribution in [0.4, 0.5) is 26.3 Å². The molecule has 23 heavy (non-hydrogen) atoms. The maximum atomic E-state index is 13.1. The number of alkyl halides is 6. The fraction of sp³-hybridized carbons (Fsp3) is 0.533. The van der Waals surface area contributed by atoms with E-state index in [0.29, 0.717) is 19.2 Å². The van der Waals surface area contributed by atoms with E-state index in [1.54, 1.807) is 4.90 Å². The van der Waals surface area contributed by atoms with Crippen molar-refractivity contribution in [1.82, 2.24) is 4.90 Å². The number of nitrogens with zero attached hydrogens (tertiary/aromatic N) is 1. The van der Waals surface area contributed by atoms with Gasteiger partial charge in [0.05, 0.1) is 11.1 Å². The van der Waals surface area contributed by atoms with Gasteiger partial charge < -0.3 is 4.79 Å². The number of hydrogen-bond acceptors (Lipinski definition) is 2. The highest BCUT2D eigenvalue weighted by molar-refractivity contribution is 5.60. The second-order valence-electron chi connectivity index (χ2n) is 6.10. The van der Waals surface area contributed by atoms with Gasteiger partial charge in [0.15, 0.2) is 0 Å². The van der Waals surface area contributed by atoms with Crippen LogP contribution in [-0.2, 0) is 23.7 Å². The third kappa shape index (κ3) is 3.08. The number of carbonyl (C=O) groups excluding carboxylic acids is 1. The van der Waals surface area contributed by atoms with Gasteiger partial charge in [0.1, 0.15) is 6.29 Å². The van der Waals surface area contributed by atoms with E-state index in [-0.39, 0.29) is 35.9 Å². The number of carbonyl (C=O) groups is 1. The van der Waals surface area contributed by atoms with Crippen LogP contribution in [0.25, 0.3) is 0 Å². The molecule has 126 valence electrons. The largest absolute Gasteiger partial charge is 0.416 e. The number of aldehydes is 1. The monoisotopic (exact) mass is 337 g/mol. The van der Waals surface area contributed by atoms with Crippen LogP contribution in [0, 0.1) is 17.8 Å². The summed E-state index contributed by atoms with van der Waals surface area (Å²) < 4.78 is 77.0. The zero-order valence-corrected chi connectivity index (χ0v) is 11.8. The number of piperidine rings is 1. The van der Waals surface area contributed by atoms with Crippen LogP contribution >= 0.6 is 0 Å². The first-order chi connectivity index (χ1) is 10.6. The van der Waals surface area contributed by atoms with E-state index in [2.05, 4.69) is 0 Å². The number of hydrogen-bond donors (Lipinski definition) is 0. The summed E-state index contributed by atoms with van der Waals surface area (Å²) in [4.78, 5) is 12.4. The smallest absolute Gasteiger partial charge is 0.303 e. The summed E-state index contributed by atoms with van der Waals surface area (Å²) in [7, 11) is 0. The van der Waals surface area contributed by atoms with Gasteiger partial charge in [-0.25, -0.2) is 0 Å². The van der Waals surface area contributed by atoms with Crippen molar-refractivity contribution in [3.8, 4) is 0 Å². The van der Waals surface area contributed by atoms with Gasteiger partial charge in [-0.1, -0.05) is 6.07 Å². The van der Waals surface area contributed by atoms with E-state index < -0.39 is 23.5 Å². The molecule has 1 heterocycles. The van der Waals surface area contributed by atoms with Crippen LogP contribution in [0.3, 0.4) is 0 Å². The Labute approximate surface area is 128 Å². The van der Waals surface area contributed by atoms with E-state index in [1.165, 1.54) is 0 Å². The summed E-state index contributed by atoms with van der Waals surface area (Å²) >= 11 is 0. The number of benzene rings is 1. The topological polar surface area (TPSA) is 20.3 Å². The minimum atomic E-state index is -4.84. The van der Waals surface area contributed by atoms with Gasteiger partial charge in [-0.3, -0.25) is 4.90 Å². The molecule has 0 N–H and O–H groups in total. The molecule has 2 aliphatic rings. The second kappa shape index (κ2) is 5.22. The lowest BCUT2D eigenvalue weighted by Crippen LogP contribution is -2.26. The van der Waals surface area contributed by atoms with Gasteiger partial charge in [-0.2, -0.15) is 26.3 Å². The molecule has 1 aliphatic carbocycles. The Morgan fingerprint density at radius 3 is 2.13 bits per heavy atom. The first kappa shape index (κ1) is 16.3. The molecular weight excluding hydrogens is 324 g/mol. The minimum Gasteiger partial charge on any atom is -0.303 e. The highest BCUT2D eigenvalue weighted by Crippen LogP contribution is 2.50. The van der Waals surface area contributed by atoms with Crippen LogP contribution in [0.1, 0.15) is 16.7 Å². The molecule has 1 aromatic carbocycles. The molecule has 1 saturated carbocycles. The fourth-order valence-corrected chi connectivity index (χ4v) is 3.39. The molecule has 3 atom stereocenters. The molecule has 0 amide bonds. The Balaban J connectivity index is 1.81. The maximum Gasteiger partial charge on any atom is 0.416 e. The molecular formula is C15H13F6NO. The van der Waals surface area contributed by atoms with Crippen LogP contribution in [-0.4, -0.2) is 24.3 Å². The summed E-state index contributed by atoms with van der Waals surface area (Å²) in [6, 6.07) is 1.74. The normalized spacial score (nSPS) is 27.8. The SMILES string of the molecule is O=C[C@@H]1[C@H]2CN(Cc3ccc(C(F)(F)F)cc3C(F)(F)F)C[C@@H]12. The van der Waals surface area contributed by atoms with E-state index in [9.17, 15) is 31.1 Å². The van der Waals surface area contributed by atoms with Crippen LogP contribution in [0.5, 0.6) is 0 Å². The second-order valence-corrected chi connectivity index (χ2v) is 6.10. The van der Waals surface area contributed by atoms with Crippen molar-refractivity contribution in [1.29, 1.82) is 0 Å². The lowest BCUT2D eigenvalue weighted by atomic mass is 10.0. The average Bonchev–Trinajstić information content (AvgIpc) is 2.90. The molecule has 0 spiro atoms.